The molecule has 0 N–H and O–H groups in total. The van der Waals surface area contributed by atoms with E-state index in [4.69, 9.17) is 9.57 Å². The van der Waals surface area contributed by atoms with Crippen molar-refractivity contribution in [2.24, 2.45) is 10.6 Å². The lowest BCUT2D eigenvalue weighted by molar-refractivity contribution is -0.152. The number of allylic oxidation sites excluding steroid dienone is 1. The van der Waals surface area contributed by atoms with Crippen LogP contribution in [0.25, 0.3) is 0 Å². The van der Waals surface area contributed by atoms with Crippen molar-refractivity contribution in [2.45, 2.75) is 58.8 Å². The van der Waals surface area contributed by atoms with Crippen molar-refractivity contribution in [3.63, 3.8) is 0 Å². The van der Waals surface area contributed by atoms with Gasteiger partial charge in [0.05, 0.1) is 12.3 Å². The first-order chi connectivity index (χ1) is 10.1. The number of esters is 1. The number of hydrogen-bond donors (Lipinski definition) is 0. The van der Waals surface area contributed by atoms with Crippen LogP contribution in [0, 0.1) is 5.41 Å². The molecular weight excluding hydrogens is 270 g/mol. The van der Waals surface area contributed by atoms with E-state index >= 15 is 0 Å². The van der Waals surface area contributed by atoms with Crippen LogP contribution in [0.2, 0.25) is 0 Å². The third-order valence-corrected chi connectivity index (χ3v) is 3.69. The van der Waals surface area contributed by atoms with Crippen LogP contribution in [0.4, 0.5) is 0 Å². The van der Waals surface area contributed by atoms with Gasteiger partial charge in [-0.05, 0) is 39.0 Å². The van der Waals surface area contributed by atoms with Gasteiger partial charge in [0, 0.05) is 6.42 Å². The van der Waals surface area contributed by atoms with Gasteiger partial charge < -0.3 is 9.57 Å². The van der Waals surface area contributed by atoms with E-state index in [-0.39, 0.29) is 11.9 Å². The second-order valence-electron chi connectivity index (χ2n) is 5.25. The molecule has 0 aliphatic heterocycles. The Labute approximate surface area is 126 Å². The van der Waals surface area contributed by atoms with Crippen LogP contribution in [0.5, 0.6) is 0 Å². The first-order valence-electron chi connectivity index (χ1n) is 7.66. The van der Waals surface area contributed by atoms with Crippen LogP contribution < -0.4 is 0 Å². The third-order valence-electron chi connectivity index (χ3n) is 3.69. The van der Waals surface area contributed by atoms with Gasteiger partial charge in [0.1, 0.15) is 5.41 Å². The zero-order chi connectivity index (χ0) is 15.7. The highest BCUT2D eigenvalue weighted by atomic mass is 16.7. The van der Waals surface area contributed by atoms with Crippen LogP contribution in [0.3, 0.4) is 0 Å². The molecule has 1 atom stereocenters. The zero-order valence-electron chi connectivity index (χ0n) is 13.0. The van der Waals surface area contributed by atoms with E-state index in [1.165, 1.54) is 0 Å². The average Bonchev–Trinajstić information content (AvgIpc) is 2.47. The van der Waals surface area contributed by atoms with E-state index < -0.39 is 5.41 Å². The molecule has 0 saturated heterocycles. The lowest BCUT2D eigenvalue weighted by atomic mass is 9.70. The molecule has 0 unspecified atom stereocenters. The summed E-state index contributed by atoms with van der Waals surface area (Å²) in [5.41, 5.74) is -0.209. The first-order valence-corrected chi connectivity index (χ1v) is 7.66. The molecule has 0 heterocycles. The van der Waals surface area contributed by atoms with Crippen LogP contribution in [0.15, 0.2) is 17.8 Å². The van der Waals surface area contributed by atoms with Crippen molar-refractivity contribution in [3.8, 4) is 0 Å². The Balaban J connectivity index is 2.98. The van der Waals surface area contributed by atoms with Crippen molar-refractivity contribution < 1.29 is 19.2 Å². The standard InChI is InChI=1S/C16H25NO4/c1-4-9-14(18)21-17-13-10-7-8-12-16(13,11-5-2)15(19)20-6-3/h5H,2,4,6-12H2,1,3H3/b17-13+/t16-/m1/s1. The minimum atomic E-state index is -0.817. The smallest absolute Gasteiger partial charge is 0.334 e. The molecule has 118 valence electrons. The van der Waals surface area contributed by atoms with Gasteiger partial charge in [-0.25, -0.2) is 4.79 Å². The number of nitrogens with zero attached hydrogens (tertiary/aromatic N) is 1. The van der Waals surface area contributed by atoms with Crippen LogP contribution >= 0.6 is 0 Å². The molecule has 0 spiro atoms. The molecule has 1 aliphatic rings. The van der Waals surface area contributed by atoms with E-state index in [1.807, 2.05) is 6.92 Å². The molecule has 5 heteroatoms. The van der Waals surface area contributed by atoms with Gasteiger partial charge in [-0.1, -0.05) is 24.6 Å². The quantitative estimate of drug-likeness (QED) is 0.312. The van der Waals surface area contributed by atoms with Crippen LogP contribution in [-0.4, -0.2) is 24.3 Å². The summed E-state index contributed by atoms with van der Waals surface area (Å²) in [4.78, 5) is 28.8. The van der Waals surface area contributed by atoms with E-state index in [0.717, 1.165) is 12.8 Å². The van der Waals surface area contributed by atoms with E-state index in [9.17, 15) is 9.59 Å². The molecule has 0 radical (unpaired) electrons. The van der Waals surface area contributed by atoms with Crippen LogP contribution in [-0.2, 0) is 19.2 Å². The number of carbonyl (C=O) groups excluding carboxylic acids is 2. The predicted molar refractivity (Wildman–Crippen MR) is 80.8 cm³/mol. The summed E-state index contributed by atoms with van der Waals surface area (Å²) in [5.74, 6) is -0.665. The molecule has 5 nitrogen and oxygen atoms in total. The minimum Gasteiger partial charge on any atom is -0.465 e. The maximum atomic E-state index is 12.4. The second kappa shape index (κ2) is 8.60. The van der Waals surface area contributed by atoms with E-state index in [2.05, 4.69) is 11.7 Å². The van der Waals surface area contributed by atoms with Crippen molar-refractivity contribution in [1.82, 2.24) is 0 Å². The van der Waals surface area contributed by atoms with E-state index in [1.54, 1.807) is 13.0 Å². The molecule has 1 fully saturated rings. The lowest BCUT2D eigenvalue weighted by Crippen LogP contribution is -2.43. The van der Waals surface area contributed by atoms with Gasteiger partial charge in [-0.15, -0.1) is 6.58 Å². The third kappa shape index (κ3) is 4.41. The fraction of sp³-hybridized carbons (Fsp3) is 0.688. The van der Waals surface area contributed by atoms with E-state index in [0.29, 0.717) is 44.4 Å². The molecular formula is C16H25NO4. The summed E-state index contributed by atoms with van der Waals surface area (Å²) < 4.78 is 5.21. The van der Waals surface area contributed by atoms with Gasteiger partial charge in [-0.3, -0.25) is 4.79 Å². The average molecular weight is 295 g/mol. The fourth-order valence-electron chi connectivity index (χ4n) is 2.63. The highest BCUT2D eigenvalue weighted by Gasteiger charge is 2.45. The number of hydrogen-bond acceptors (Lipinski definition) is 5. The number of oxime groups is 1. The van der Waals surface area contributed by atoms with Gasteiger partial charge in [0.15, 0.2) is 0 Å². The lowest BCUT2D eigenvalue weighted by Gasteiger charge is -2.34. The molecule has 1 saturated carbocycles. The maximum absolute atomic E-state index is 12.4. The molecule has 0 aromatic heterocycles. The minimum absolute atomic E-state index is 0.296. The van der Waals surface area contributed by atoms with Gasteiger partial charge in [0.2, 0.25) is 0 Å². The topological polar surface area (TPSA) is 65.0 Å². The SMILES string of the molecule is C=CC[C@@]1(C(=O)OCC)CCCC/C1=N\OC(=O)CCC. The molecule has 0 bridgehead atoms. The summed E-state index contributed by atoms with van der Waals surface area (Å²) in [5, 5.41) is 4.00. The summed E-state index contributed by atoms with van der Waals surface area (Å²) >= 11 is 0. The molecule has 0 aromatic rings. The van der Waals surface area contributed by atoms with Gasteiger partial charge in [0.25, 0.3) is 0 Å². The number of carbonyl (C=O) groups is 2. The van der Waals surface area contributed by atoms with Crippen molar-refractivity contribution >= 4 is 17.7 Å². The molecule has 1 rings (SSSR count). The predicted octanol–water partition coefficient (Wildman–Crippen LogP) is 3.39. The van der Waals surface area contributed by atoms with Gasteiger partial charge in [-0.2, -0.15) is 0 Å². The summed E-state index contributed by atoms with van der Waals surface area (Å²) in [7, 11) is 0. The Morgan fingerprint density at radius 3 is 2.76 bits per heavy atom. The Hall–Kier alpha value is -1.65. The molecule has 0 amide bonds. The maximum Gasteiger partial charge on any atom is 0.334 e. The van der Waals surface area contributed by atoms with Crippen LogP contribution in [0.1, 0.15) is 58.8 Å². The number of ether oxygens (including phenoxy) is 1. The van der Waals surface area contributed by atoms with Crippen molar-refractivity contribution in [3.05, 3.63) is 12.7 Å². The Kier molecular flexibility index (Phi) is 7.12. The zero-order valence-corrected chi connectivity index (χ0v) is 13.0. The fourth-order valence-corrected chi connectivity index (χ4v) is 2.63. The molecule has 0 aromatic carbocycles. The van der Waals surface area contributed by atoms with Crippen molar-refractivity contribution in [1.29, 1.82) is 0 Å². The molecule has 1 aliphatic carbocycles. The Morgan fingerprint density at radius 2 is 2.14 bits per heavy atom. The Morgan fingerprint density at radius 1 is 1.38 bits per heavy atom. The Bertz CT molecular complexity index is 417. The van der Waals surface area contributed by atoms with Gasteiger partial charge >= 0.3 is 11.9 Å². The highest BCUT2D eigenvalue weighted by molar-refractivity contribution is 6.07. The highest BCUT2D eigenvalue weighted by Crippen LogP contribution is 2.39. The summed E-state index contributed by atoms with van der Waals surface area (Å²) in [6, 6.07) is 0. The first kappa shape index (κ1) is 17.4. The summed E-state index contributed by atoms with van der Waals surface area (Å²) in [6.07, 6.45) is 6.34. The summed E-state index contributed by atoms with van der Waals surface area (Å²) in [6.45, 7) is 7.73. The second-order valence-corrected chi connectivity index (χ2v) is 5.25. The number of rotatable bonds is 7. The largest absolute Gasteiger partial charge is 0.465 e. The van der Waals surface area contributed by atoms with Crippen molar-refractivity contribution in [2.75, 3.05) is 6.61 Å². The normalized spacial score (nSPS) is 23.6. The molecule has 21 heavy (non-hydrogen) atoms. The monoisotopic (exact) mass is 295 g/mol.